The number of nitrogens with two attached hydrogens (primary N) is 1. The molecule has 2 N–H and O–H groups in total. The minimum Gasteiger partial charge on any atom is -0.368 e. The molecule has 2 aromatic rings. The number of hydrogen-bond acceptors (Lipinski definition) is 5. The second-order valence-electron chi connectivity index (χ2n) is 5.05. The molecule has 0 radical (unpaired) electrons. The quantitative estimate of drug-likeness (QED) is 0.873. The first kappa shape index (κ1) is 13.4. The van der Waals surface area contributed by atoms with Gasteiger partial charge in [0.2, 0.25) is 5.95 Å². The Kier molecular flexibility index (Phi) is 4.16. The number of anilines is 1. The standard InChI is InChI=1S/C15H18N4S/c16-15-18-13(10-20-12-8-2-1-3-9-12)17-14(19-15)11-6-4-5-7-11/h1-3,8-9,11H,4-7,10H2,(H2,16,17,18,19). The van der Waals surface area contributed by atoms with Crippen LogP contribution >= 0.6 is 11.8 Å². The van der Waals surface area contributed by atoms with E-state index >= 15 is 0 Å². The van der Waals surface area contributed by atoms with Crippen molar-refractivity contribution in [1.82, 2.24) is 15.0 Å². The van der Waals surface area contributed by atoms with Crippen LogP contribution < -0.4 is 5.73 Å². The van der Waals surface area contributed by atoms with Gasteiger partial charge in [-0.15, -0.1) is 11.8 Å². The Morgan fingerprint density at radius 1 is 1.05 bits per heavy atom. The van der Waals surface area contributed by atoms with Gasteiger partial charge in [-0.1, -0.05) is 31.0 Å². The number of benzene rings is 1. The maximum atomic E-state index is 5.82. The first-order valence-corrected chi connectivity index (χ1v) is 7.98. The first-order chi connectivity index (χ1) is 9.81. The van der Waals surface area contributed by atoms with Gasteiger partial charge in [0.25, 0.3) is 0 Å². The van der Waals surface area contributed by atoms with Crippen molar-refractivity contribution in [2.45, 2.75) is 42.2 Å². The predicted molar refractivity (Wildman–Crippen MR) is 81.5 cm³/mol. The largest absolute Gasteiger partial charge is 0.368 e. The third-order valence-corrected chi connectivity index (χ3v) is 4.56. The van der Waals surface area contributed by atoms with Gasteiger partial charge >= 0.3 is 0 Å². The van der Waals surface area contributed by atoms with Crippen molar-refractivity contribution in [3.63, 3.8) is 0 Å². The predicted octanol–water partition coefficient (Wildman–Crippen LogP) is 3.40. The van der Waals surface area contributed by atoms with Crippen LogP contribution in [0.2, 0.25) is 0 Å². The van der Waals surface area contributed by atoms with Crippen molar-refractivity contribution in [3.05, 3.63) is 42.0 Å². The van der Waals surface area contributed by atoms with E-state index in [-0.39, 0.29) is 0 Å². The summed E-state index contributed by atoms with van der Waals surface area (Å²) in [7, 11) is 0. The fourth-order valence-corrected chi connectivity index (χ4v) is 3.33. The number of aromatic nitrogens is 3. The Labute approximate surface area is 123 Å². The average molecular weight is 286 g/mol. The van der Waals surface area contributed by atoms with Crippen molar-refractivity contribution in [1.29, 1.82) is 0 Å². The van der Waals surface area contributed by atoms with Crippen LogP contribution in [0.5, 0.6) is 0 Å². The summed E-state index contributed by atoms with van der Waals surface area (Å²) >= 11 is 1.73. The smallest absolute Gasteiger partial charge is 0.223 e. The molecule has 0 atom stereocenters. The lowest BCUT2D eigenvalue weighted by atomic mass is 10.1. The molecule has 1 fully saturated rings. The monoisotopic (exact) mass is 286 g/mol. The van der Waals surface area contributed by atoms with Crippen molar-refractivity contribution < 1.29 is 0 Å². The molecule has 4 nitrogen and oxygen atoms in total. The Morgan fingerprint density at radius 2 is 1.80 bits per heavy atom. The third-order valence-electron chi connectivity index (χ3n) is 3.55. The van der Waals surface area contributed by atoms with Crippen LogP contribution in [0.1, 0.15) is 43.3 Å². The van der Waals surface area contributed by atoms with Crippen molar-refractivity contribution in [2.75, 3.05) is 5.73 Å². The van der Waals surface area contributed by atoms with E-state index in [1.165, 1.54) is 30.6 Å². The molecular weight excluding hydrogens is 268 g/mol. The van der Waals surface area contributed by atoms with Gasteiger partial charge in [-0.3, -0.25) is 0 Å². The topological polar surface area (TPSA) is 64.7 Å². The molecule has 104 valence electrons. The molecule has 1 aliphatic rings. The lowest BCUT2D eigenvalue weighted by molar-refractivity contribution is 0.657. The van der Waals surface area contributed by atoms with Gasteiger partial charge in [-0.05, 0) is 25.0 Å². The van der Waals surface area contributed by atoms with Crippen molar-refractivity contribution in [3.8, 4) is 0 Å². The third kappa shape index (κ3) is 3.28. The molecule has 0 unspecified atom stereocenters. The molecule has 1 heterocycles. The summed E-state index contributed by atoms with van der Waals surface area (Å²) in [5, 5.41) is 0. The van der Waals surface area contributed by atoms with Crippen LogP contribution in [0.15, 0.2) is 35.2 Å². The van der Waals surface area contributed by atoms with Gasteiger partial charge in [-0.2, -0.15) is 9.97 Å². The highest BCUT2D eigenvalue weighted by atomic mass is 32.2. The van der Waals surface area contributed by atoms with Crippen LogP contribution in [0.25, 0.3) is 0 Å². The Hall–Kier alpha value is -1.62. The maximum Gasteiger partial charge on any atom is 0.223 e. The Balaban J connectivity index is 1.72. The second kappa shape index (κ2) is 6.22. The van der Waals surface area contributed by atoms with Crippen LogP contribution in [-0.4, -0.2) is 15.0 Å². The minimum absolute atomic E-state index is 0.352. The number of rotatable bonds is 4. The molecule has 1 aromatic carbocycles. The highest BCUT2D eigenvalue weighted by molar-refractivity contribution is 7.98. The fraction of sp³-hybridized carbons (Fsp3) is 0.400. The van der Waals surface area contributed by atoms with Crippen LogP contribution in [0.3, 0.4) is 0 Å². The molecule has 0 spiro atoms. The Bertz CT molecular complexity index is 567. The molecule has 3 rings (SSSR count). The Morgan fingerprint density at radius 3 is 2.55 bits per heavy atom. The van der Waals surface area contributed by atoms with Gasteiger partial charge in [0, 0.05) is 10.8 Å². The van der Waals surface area contributed by atoms with Gasteiger partial charge in [-0.25, -0.2) is 4.98 Å². The molecule has 20 heavy (non-hydrogen) atoms. The zero-order valence-corrected chi connectivity index (χ0v) is 12.1. The lowest BCUT2D eigenvalue weighted by Crippen LogP contribution is -2.09. The van der Waals surface area contributed by atoms with Gasteiger partial charge in [0.1, 0.15) is 11.6 Å². The molecule has 5 heteroatoms. The molecule has 0 bridgehead atoms. The normalized spacial score (nSPS) is 15.6. The molecule has 1 aromatic heterocycles. The van der Waals surface area contributed by atoms with Gasteiger partial charge in [0.05, 0.1) is 5.75 Å². The van der Waals surface area contributed by atoms with Gasteiger partial charge in [0.15, 0.2) is 0 Å². The highest BCUT2D eigenvalue weighted by Crippen LogP contribution is 2.32. The zero-order chi connectivity index (χ0) is 13.8. The van der Waals surface area contributed by atoms with Crippen molar-refractivity contribution in [2.24, 2.45) is 0 Å². The minimum atomic E-state index is 0.352. The average Bonchev–Trinajstić information content (AvgIpc) is 3.00. The second-order valence-corrected chi connectivity index (χ2v) is 6.10. The van der Waals surface area contributed by atoms with E-state index < -0.39 is 0 Å². The number of nitrogen functional groups attached to an aromatic ring is 1. The first-order valence-electron chi connectivity index (χ1n) is 6.99. The van der Waals surface area contributed by atoms with Crippen molar-refractivity contribution >= 4 is 17.7 Å². The summed E-state index contributed by atoms with van der Waals surface area (Å²) in [6.45, 7) is 0. The molecule has 0 saturated heterocycles. The molecule has 0 amide bonds. The van der Waals surface area contributed by atoms with Crippen LogP contribution in [0.4, 0.5) is 5.95 Å². The zero-order valence-electron chi connectivity index (χ0n) is 11.3. The van der Waals surface area contributed by atoms with Gasteiger partial charge < -0.3 is 5.73 Å². The number of thioether (sulfide) groups is 1. The highest BCUT2D eigenvalue weighted by Gasteiger charge is 2.21. The molecule has 1 saturated carbocycles. The summed E-state index contributed by atoms with van der Waals surface area (Å²) in [4.78, 5) is 14.4. The summed E-state index contributed by atoms with van der Waals surface area (Å²) in [5.41, 5.74) is 5.82. The van der Waals surface area contributed by atoms with E-state index in [1.807, 2.05) is 18.2 Å². The van der Waals surface area contributed by atoms with E-state index in [9.17, 15) is 0 Å². The van der Waals surface area contributed by atoms with Crippen LogP contribution in [0, 0.1) is 0 Å². The maximum absolute atomic E-state index is 5.82. The van der Waals surface area contributed by atoms with Crippen LogP contribution in [-0.2, 0) is 5.75 Å². The lowest BCUT2D eigenvalue weighted by Gasteiger charge is -2.09. The van der Waals surface area contributed by atoms with E-state index in [0.717, 1.165) is 17.4 Å². The molecular formula is C15H18N4S. The summed E-state index contributed by atoms with van der Waals surface area (Å²) in [6, 6.07) is 10.3. The number of hydrogen-bond donors (Lipinski definition) is 1. The van der Waals surface area contributed by atoms with E-state index in [1.54, 1.807) is 11.8 Å². The van der Waals surface area contributed by atoms with E-state index in [2.05, 4.69) is 27.1 Å². The fourth-order valence-electron chi connectivity index (χ4n) is 2.55. The molecule has 0 aliphatic heterocycles. The summed E-state index contributed by atoms with van der Waals surface area (Å²) in [5.74, 6) is 3.23. The summed E-state index contributed by atoms with van der Waals surface area (Å²) in [6.07, 6.45) is 4.89. The molecule has 1 aliphatic carbocycles. The SMILES string of the molecule is Nc1nc(CSc2ccccc2)nc(C2CCCC2)n1. The van der Waals surface area contributed by atoms with E-state index in [0.29, 0.717) is 11.9 Å². The van der Waals surface area contributed by atoms with E-state index in [4.69, 9.17) is 5.73 Å². The number of nitrogens with zero attached hydrogens (tertiary/aromatic N) is 3. The summed E-state index contributed by atoms with van der Waals surface area (Å²) < 4.78 is 0.